The van der Waals surface area contributed by atoms with E-state index in [9.17, 15) is 14.7 Å². The molecule has 3 rings (SSSR count). The van der Waals surface area contributed by atoms with E-state index < -0.39 is 11.2 Å². The summed E-state index contributed by atoms with van der Waals surface area (Å²) < 4.78 is 7.30. The Bertz CT molecular complexity index is 773. The molecule has 0 aliphatic carbocycles. The van der Waals surface area contributed by atoms with Crippen molar-refractivity contribution < 1.29 is 9.84 Å². The third-order valence-corrected chi connectivity index (χ3v) is 4.05. The van der Waals surface area contributed by atoms with E-state index in [1.807, 2.05) is 0 Å². The fourth-order valence-corrected chi connectivity index (χ4v) is 2.74. The third kappa shape index (κ3) is 2.54. The number of aromatic amines is 1. The summed E-state index contributed by atoms with van der Waals surface area (Å²) in [4.78, 5) is 26.3. The predicted molar refractivity (Wildman–Crippen MR) is 80.6 cm³/mol. The van der Waals surface area contributed by atoms with E-state index in [0.29, 0.717) is 25.2 Å². The monoisotopic (exact) mass is 352 g/mol. The van der Waals surface area contributed by atoms with E-state index in [1.165, 1.54) is 4.57 Å². The maximum atomic E-state index is 12.0. The minimum absolute atomic E-state index is 0.0917. The molecule has 1 aliphatic rings. The van der Waals surface area contributed by atoms with Crippen LogP contribution in [-0.2, 0) is 4.74 Å². The average Bonchev–Trinajstić information content (AvgIpc) is 2.94. The van der Waals surface area contributed by atoms with Gasteiger partial charge in [-0.15, -0.1) is 0 Å². The Kier molecular flexibility index (Phi) is 3.69. The lowest BCUT2D eigenvalue weighted by molar-refractivity contribution is 0.183. The van der Waals surface area contributed by atoms with Gasteiger partial charge in [-0.1, -0.05) is 28.1 Å². The SMILES string of the molecule is O=c1[nH]c(=O)n(C2CCOC2)c(O)c1-c1ccc(Br)cc1. The molecule has 1 aromatic carbocycles. The lowest BCUT2D eigenvalue weighted by atomic mass is 10.1. The van der Waals surface area contributed by atoms with Crippen LogP contribution in [0.25, 0.3) is 11.1 Å². The van der Waals surface area contributed by atoms with Gasteiger partial charge in [0.25, 0.3) is 5.56 Å². The number of nitrogens with one attached hydrogen (secondary N) is 1. The molecule has 1 aliphatic heterocycles. The van der Waals surface area contributed by atoms with Crippen molar-refractivity contribution in [3.8, 4) is 17.0 Å². The first-order chi connectivity index (χ1) is 10.1. The van der Waals surface area contributed by atoms with E-state index in [-0.39, 0.29) is 17.5 Å². The van der Waals surface area contributed by atoms with Crippen LogP contribution in [0.1, 0.15) is 12.5 Å². The fraction of sp³-hybridized carbons (Fsp3) is 0.286. The van der Waals surface area contributed by atoms with Gasteiger partial charge < -0.3 is 9.84 Å². The van der Waals surface area contributed by atoms with Crippen LogP contribution in [0.15, 0.2) is 38.3 Å². The van der Waals surface area contributed by atoms with Crippen LogP contribution in [0, 0.1) is 0 Å². The molecule has 1 saturated heterocycles. The normalized spacial score (nSPS) is 18.0. The van der Waals surface area contributed by atoms with Crippen LogP contribution in [0.3, 0.4) is 0 Å². The van der Waals surface area contributed by atoms with Crippen molar-refractivity contribution in [1.29, 1.82) is 0 Å². The van der Waals surface area contributed by atoms with E-state index in [0.717, 1.165) is 4.47 Å². The van der Waals surface area contributed by atoms with Crippen LogP contribution in [0.4, 0.5) is 0 Å². The number of H-pyrrole nitrogens is 1. The zero-order valence-corrected chi connectivity index (χ0v) is 12.6. The molecule has 7 heteroatoms. The number of nitrogens with zero attached hydrogens (tertiary/aromatic N) is 1. The highest BCUT2D eigenvalue weighted by Gasteiger charge is 2.25. The van der Waals surface area contributed by atoms with Gasteiger partial charge in [-0.2, -0.15) is 0 Å². The molecule has 0 saturated carbocycles. The first-order valence-corrected chi connectivity index (χ1v) is 7.28. The summed E-state index contributed by atoms with van der Waals surface area (Å²) in [5.74, 6) is -0.318. The summed E-state index contributed by atoms with van der Waals surface area (Å²) in [7, 11) is 0. The van der Waals surface area contributed by atoms with E-state index in [4.69, 9.17) is 4.74 Å². The number of benzene rings is 1. The van der Waals surface area contributed by atoms with Gasteiger partial charge in [-0.3, -0.25) is 14.3 Å². The maximum absolute atomic E-state index is 12.0. The molecule has 2 aromatic rings. The predicted octanol–water partition coefficient (Wildman–Crippen LogP) is 1.63. The molecular weight excluding hydrogens is 340 g/mol. The first kappa shape index (κ1) is 14.1. The number of halogens is 1. The van der Waals surface area contributed by atoms with Crippen molar-refractivity contribution in [3.05, 3.63) is 49.6 Å². The van der Waals surface area contributed by atoms with Gasteiger partial charge in [0, 0.05) is 11.1 Å². The lowest BCUT2D eigenvalue weighted by Gasteiger charge is -2.16. The smallest absolute Gasteiger partial charge is 0.331 e. The molecule has 1 unspecified atom stereocenters. The van der Waals surface area contributed by atoms with Crippen LogP contribution in [0.5, 0.6) is 5.88 Å². The second kappa shape index (κ2) is 5.50. The minimum Gasteiger partial charge on any atom is -0.494 e. The first-order valence-electron chi connectivity index (χ1n) is 6.49. The molecule has 1 fully saturated rings. The minimum atomic E-state index is -0.617. The second-order valence-electron chi connectivity index (χ2n) is 4.85. The fourth-order valence-electron chi connectivity index (χ4n) is 2.48. The molecule has 6 nitrogen and oxygen atoms in total. The van der Waals surface area contributed by atoms with Gasteiger partial charge in [0.1, 0.15) is 5.56 Å². The van der Waals surface area contributed by atoms with E-state index >= 15 is 0 Å². The van der Waals surface area contributed by atoms with Crippen LogP contribution >= 0.6 is 15.9 Å². The number of hydrogen-bond acceptors (Lipinski definition) is 4. The van der Waals surface area contributed by atoms with Crippen molar-refractivity contribution in [1.82, 2.24) is 9.55 Å². The molecule has 0 spiro atoms. The Hall–Kier alpha value is -1.86. The molecule has 110 valence electrons. The van der Waals surface area contributed by atoms with Gasteiger partial charge in [0.15, 0.2) is 0 Å². The summed E-state index contributed by atoms with van der Waals surface area (Å²) in [6.07, 6.45) is 0.624. The number of hydrogen-bond donors (Lipinski definition) is 2. The van der Waals surface area contributed by atoms with Gasteiger partial charge in [-0.25, -0.2) is 4.79 Å². The number of ether oxygens (including phenoxy) is 1. The van der Waals surface area contributed by atoms with Crippen molar-refractivity contribution >= 4 is 15.9 Å². The highest BCUT2D eigenvalue weighted by atomic mass is 79.9. The maximum Gasteiger partial charge on any atom is 0.331 e. The summed E-state index contributed by atoms with van der Waals surface area (Å²) in [5.41, 5.74) is -0.581. The van der Waals surface area contributed by atoms with Crippen LogP contribution < -0.4 is 11.2 Å². The van der Waals surface area contributed by atoms with Gasteiger partial charge in [0.05, 0.1) is 12.6 Å². The van der Waals surface area contributed by atoms with Crippen molar-refractivity contribution in [3.63, 3.8) is 0 Å². The van der Waals surface area contributed by atoms with Gasteiger partial charge in [0.2, 0.25) is 5.88 Å². The molecule has 1 aromatic heterocycles. The van der Waals surface area contributed by atoms with Crippen molar-refractivity contribution in [2.75, 3.05) is 13.2 Å². The van der Waals surface area contributed by atoms with Gasteiger partial charge in [-0.05, 0) is 24.1 Å². The largest absolute Gasteiger partial charge is 0.494 e. The third-order valence-electron chi connectivity index (χ3n) is 3.52. The molecule has 0 radical (unpaired) electrons. The van der Waals surface area contributed by atoms with E-state index in [1.54, 1.807) is 24.3 Å². The average molecular weight is 353 g/mol. The topological polar surface area (TPSA) is 84.3 Å². The standard InChI is InChI=1S/C14H13BrN2O4/c15-9-3-1-8(2-4-9)11-12(18)16-14(20)17(13(11)19)10-5-6-21-7-10/h1-4,10,19H,5-7H2,(H,16,18,20). The highest BCUT2D eigenvalue weighted by molar-refractivity contribution is 9.10. The Morgan fingerprint density at radius 3 is 2.62 bits per heavy atom. The summed E-state index contributed by atoms with van der Waals surface area (Å²) in [5, 5.41) is 10.4. The van der Waals surface area contributed by atoms with Crippen molar-refractivity contribution in [2.24, 2.45) is 0 Å². The molecule has 2 heterocycles. The zero-order chi connectivity index (χ0) is 15.0. The second-order valence-corrected chi connectivity index (χ2v) is 5.77. The van der Waals surface area contributed by atoms with Gasteiger partial charge >= 0.3 is 5.69 Å². The van der Waals surface area contributed by atoms with Crippen molar-refractivity contribution in [2.45, 2.75) is 12.5 Å². The Morgan fingerprint density at radius 2 is 2.00 bits per heavy atom. The summed E-state index contributed by atoms with van der Waals surface area (Å²) in [6.45, 7) is 0.878. The lowest BCUT2D eigenvalue weighted by Crippen LogP contribution is -2.33. The summed E-state index contributed by atoms with van der Waals surface area (Å²) in [6, 6.07) is 6.68. The zero-order valence-electron chi connectivity index (χ0n) is 11.0. The molecule has 0 amide bonds. The Balaban J connectivity index is 2.21. The molecular formula is C14H13BrN2O4. The van der Waals surface area contributed by atoms with E-state index in [2.05, 4.69) is 20.9 Å². The molecule has 1 atom stereocenters. The van der Waals surface area contributed by atoms with Crippen LogP contribution in [-0.4, -0.2) is 27.9 Å². The Labute approximate surface area is 128 Å². The summed E-state index contributed by atoms with van der Waals surface area (Å²) >= 11 is 3.31. The number of aromatic nitrogens is 2. The van der Waals surface area contributed by atoms with Crippen LogP contribution in [0.2, 0.25) is 0 Å². The number of aromatic hydroxyl groups is 1. The Morgan fingerprint density at radius 1 is 1.29 bits per heavy atom. The molecule has 2 N–H and O–H groups in total. The highest BCUT2D eigenvalue weighted by Crippen LogP contribution is 2.29. The number of rotatable bonds is 2. The molecule has 0 bridgehead atoms. The quantitative estimate of drug-likeness (QED) is 0.860. The molecule has 21 heavy (non-hydrogen) atoms.